The normalized spacial score (nSPS) is 25.9. The van der Waals surface area contributed by atoms with Crippen molar-refractivity contribution >= 4 is 5.97 Å². The lowest BCUT2D eigenvalue weighted by Crippen LogP contribution is -2.62. The van der Waals surface area contributed by atoms with Crippen LogP contribution in [-0.4, -0.2) is 51.8 Å². The Morgan fingerprint density at radius 2 is 2.22 bits per heavy atom. The predicted molar refractivity (Wildman–Crippen MR) is 104 cm³/mol. The maximum absolute atomic E-state index is 12.0. The third-order valence-corrected chi connectivity index (χ3v) is 6.37. The maximum Gasteiger partial charge on any atom is 0.311 e. The zero-order chi connectivity index (χ0) is 19.0. The van der Waals surface area contributed by atoms with E-state index in [1.165, 1.54) is 22.3 Å². The van der Waals surface area contributed by atoms with Gasteiger partial charge in [-0.3, -0.25) is 14.8 Å². The summed E-state index contributed by atoms with van der Waals surface area (Å²) in [7, 11) is 0. The van der Waals surface area contributed by atoms with Crippen LogP contribution in [0.3, 0.4) is 0 Å². The number of hydrogen-bond acceptors (Lipinski definition) is 4. The lowest BCUT2D eigenvalue weighted by atomic mass is 9.69. The smallest absolute Gasteiger partial charge is 0.311 e. The first-order valence-electron chi connectivity index (χ1n) is 9.78. The number of hydrogen-bond donors (Lipinski definition) is 3. The zero-order valence-electron chi connectivity index (χ0n) is 16.1. The second-order valence-electron chi connectivity index (χ2n) is 8.15. The van der Waals surface area contributed by atoms with Crippen LogP contribution in [0.2, 0.25) is 0 Å². The Hall–Kier alpha value is -2.18. The number of carboxylic acid groups (broad SMARTS) is 1. The Labute approximate surface area is 160 Å². The third-order valence-electron chi connectivity index (χ3n) is 6.37. The molecule has 6 nitrogen and oxygen atoms in total. The molecule has 0 saturated carbocycles. The SMILES string of the molecule is Cc1ccc(C)c(-c2[nH]ncc2CN2CC[C@@]3(C(=O)O)CCCN[C@@H]3C2)c1. The van der Waals surface area contributed by atoms with Gasteiger partial charge in [0.15, 0.2) is 0 Å². The topological polar surface area (TPSA) is 81.2 Å². The maximum atomic E-state index is 12.0. The molecule has 0 bridgehead atoms. The van der Waals surface area contributed by atoms with Gasteiger partial charge in [-0.15, -0.1) is 0 Å². The highest BCUT2D eigenvalue weighted by atomic mass is 16.4. The fraction of sp³-hybridized carbons (Fsp3) is 0.524. The van der Waals surface area contributed by atoms with Gasteiger partial charge in [-0.1, -0.05) is 17.7 Å². The average molecular weight is 368 g/mol. The summed E-state index contributed by atoms with van der Waals surface area (Å²) in [5.41, 5.74) is 5.29. The molecule has 0 unspecified atom stereocenters. The van der Waals surface area contributed by atoms with Crippen LogP contribution in [0.25, 0.3) is 11.3 Å². The largest absolute Gasteiger partial charge is 0.481 e. The van der Waals surface area contributed by atoms with Gasteiger partial charge in [0, 0.05) is 30.3 Å². The average Bonchev–Trinajstić information content (AvgIpc) is 3.11. The number of H-pyrrole nitrogens is 1. The van der Waals surface area contributed by atoms with E-state index in [9.17, 15) is 9.90 Å². The number of benzene rings is 1. The molecule has 2 aliphatic heterocycles. The third kappa shape index (κ3) is 3.28. The summed E-state index contributed by atoms with van der Waals surface area (Å²) in [6, 6.07) is 6.48. The molecule has 3 N–H and O–H groups in total. The molecule has 1 aromatic carbocycles. The molecule has 2 atom stereocenters. The Morgan fingerprint density at radius 1 is 1.37 bits per heavy atom. The molecule has 0 spiro atoms. The number of nitrogens with one attached hydrogen (secondary N) is 2. The minimum absolute atomic E-state index is 0.0218. The van der Waals surface area contributed by atoms with E-state index in [2.05, 4.69) is 52.5 Å². The minimum Gasteiger partial charge on any atom is -0.481 e. The van der Waals surface area contributed by atoms with Crippen molar-refractivity contribution in [3.05, 3.63) is 41.1 Å². The molecule has 0 aliphatic carbocycles. The number of aromatic nitrogens is 2. The van der Waals surface area contributed by atoms with Crippen molar-refractivity contribution in [1.29, 1.82) is 0 Å². The van der Waals surface area contributed by atoms with E-state index < -0.39 is 11.4 Å². The molecule has 2 saturated heterocycles. The first-order valence-corrected chi connectivity index (χ1v) is 9.78. The summed E-state index contributed by atoms with van der Waals surface area (Å²) in [5.74, 6) is -0.640. The van der Waals surface area contributed by atoms with Crippen LogP contribution in [0.5, 0.6) is 0 Å². The van der Waals surface area contributed by atoms with Gasteiger partial charge in [-0.25, -0.2) is 0 Å². The Balaban J connectivity index is 1.54. The highest BCUT2D eigenvalue weighted by Crippen LogP contribution is 2.39. The minimum atomic E-state index is -0.640. The monoisotopic (exact) mass is 368 g/mol. The molecule has 0 radical (unpaired) electrons. The Bertz CT molecular complexity index is 846. The molecule has 27 heavy (non-hydrogen) atoms. The van der Waals surface area contributed by atoms with Gasteiger partial charge in [0.1, 0.15) is 0 Å². The Kier molecular flexibility index (Phi) is 4.78. The Morgan fingerprint density at radius 3 is 3.04 bits per heavy atom. The van der Waals surface area contributed by atoms with Crippen LogP contribution in [0, 0.1) is 19.3 Å². The van der Waals surface area contributed by atoms with Crippen molar-refractivity contribution < 1.29 is 9.90 Å². The number of nitrogens with zero attached hydrogens (tertiary/aromatic N) is 2. The van der Waals surface area contributed by atoms with Crippen LogP contribution in [0.4, 0.5) is 0 Å². The highest BCUT2D eigenvalue weighted by molar-refractivity contribution is 5.76. The van der Waals surface area contributed by atoms with E-state index in [1.54, 1.807) is 0 Å². The first kappa shape index (κ1) is 18.2. The van der Waals surface area contributed by atoms with Crippen molar-refractivity contribution in [3.8, 4) is 11.3 Å². The predicted octanol–water partition coefficient (Wildman–Crippen LogP) is 2.72. The van der Waals surface area contributed by atoms with Crippen molar-refractivity contribution in [2.45, 2.75) is 45.7 Å². The van der Waals surface area contributed by atoms with E-state index in [0.29, 0.717) is 6.42 Å². The molecule has 1 aromatic heterocycles. The van der Waals surface area contributed by atoms with Crippen LogP contribution in [-0.2, 0) is 11.3 Å². The van der Waals surface area contributed by atoms with Crippen LogP contribution < -0.4 is 5.32 Å². The second-order valence-corrected chi connectivity index (χ2v) is 8.15. The number of carboxylic acids is 1. The second kappa shape index (κ2) is 7.09. The first-order chi connectivity index (χ1) is 13.0. The van der Waals surface area contributed by atoms with Gasteiger partial charge < -0.3 is 10.4 Å². The summed E-state index contributed by atoms with van der Waals surface area (Å²) < 4.78 is 0. The van der Waals surface area contributed by atoms with Gasteiger partial charge in [-0.05, 0) is 57.8 Å². The van der Waals surface area contributed by atoms with E-state index in [0.717, 1.165) is 44.7 Å². The zero-order valence-corrected chi connectivity index (χ0v) is 16.1. The number of piperidine rings is 2. The van der Waals surface area contributed by atoms with E-state index in [-0.39, 0.29) is 6.04 Å². The summed E-state index contributed by atoms with van der Waals surface area (Å²) in [4.78, 5) is 14.3. The van der Waals surface area contributed by atoms with Gasteiger partial charge in [0.2, 0.25) is 0 Å². The van der Waals surface area contributed by atoms with Crippen molar-refractivity contribution in [3.63, 3.8) is 0 Å². The van der Waals surface area contributed by atoms with E-state index >= 15 is 0 Å². The van der Waals surface area contributed by atoms with Crippen LogP contribution in [0.1, 0.15) is 36.0 Å². The summed E-state index contributed by atoms with van der Waals surface area (Å²) in [5, 5.41) is 20.8. The van der Waals surface area contributed by atoms with Gasteiger partial charge in [-0.2, -0.15) is 5.10 Å². The number of rotatable bonds is 4. The van der Waals surface area contributed by atoms with Crippen LogP contribution in [0.15, 0.2) is 24.4 Å². The van der Waals surface area contributed by atoms with Crippen molar-refractivity contribution in [2.24, 2.45) is 5.41 Å². The fourth-order valence-electron chi connectivity index (χ4n) is 4.71. The summed E-state index contributed by atoms with van der Waals surface area (Å²) in [6.07, 6.45) is 4.34. The summed E-state index contributed by atoms with van der Waals surface area (Å²) in [6.45, 7) is 7.49. The quantitative estimate of drug-likeness (QED) is 0.773. The van der Waals surface area contributed by atoms with Gasteiger partial charge >= 0.3 is 5.97 Å². The standard InChI is InChI=1S/C21H28N4O2/c1-14-4-5-15(2)17(10-14)19-16(11-23-24-19)12-25-9-7-21(20(26)27)6-3-8-22-18(21)13-25/h4-5,10-11,18,22H,3,6-9,12-13H2,1-2H3,(H,23,24)(H,26,27)/t18-,21+/m1/s1. The molecule has 4 rings (SSSR count). The van der Waals surface area contributed by atoms with Gasteiger partial charge in [0.05, 0.1) is 17.3 Å². The molecule has 144 valence electrons. The molecule has 2 fully saturated rings. The molecule has 2 aromatic rings. The molecule has 3 heterocycles. The van der Waals surface area contributed by atoms with Crippen LogP contribution >= 0.6 is 0 Å². The van der Waals surface area contributed by atoms with Crippen molar-refractivity contribution in [1.82, 2.24) is 20.4 Å². The number of aromatic amines is 1. The fourth-order valence-corrected chi connectivity index (χ4v) is 4.71. The summed E-state index contributed by atoms with van der Waals surface area (Å²) >= 11 is 0. The molecule has 0 amide bonds. The van der Waals surface area contributed by atoms with Crippen molar-refractivity contribution in [2.75, 3.05) is 19.6 Å². The lowest BCUT2D eigenvalue weighted by molar-refractivity contribution is -0.156. The molecular weight excluding hydrogens is 340 g/mol. The number of likely N-dealkylation sites (tertiary alicyclic amines) is 1. The number of aliphatic carboxylic acids is 1. The van der Waals surface area contributed by atoms with Gasteiger partial charge in [0.25, 0.3) is 0 Å². The molecule has 2 aliphatic rings. The number of carbonyl (C=O) groups is 1. The van der Waals surface area contributed by atoms with E-state index in [4.69, 9.17) is 0 Å². The number of aryl methyl sites for hydroxylation is 2. The highest BCUT2D eigenvalue weighted by Gasteiger charge is 2.50. The number of fused-ring (bicyclic) bond motifs is 1. The molecule has 6 heteroatoms. The lowest BCUT2D eigenvalue weighted by Gasteiger charge is -2.48. The van der Waals surface area contributed by atoms with E-state index in [1.807, 2.05) is 6.20 Å². The molecular formula is C21H28N4O2.